The van der Waals surface area contributed by atoms with E-state index in [0.717, 1.165) is 30.4 Å². The molecule has 6 atom stereocenters. The predicted octanol–water partition coefficient (Wildman–Crippen LogP) is 7.17. The molecular weight excluding hydrogens is 464 g/mol. The Labute approximate surface area is 223 Å². The van der Waals surface area contributed by atoms with Crippen LogP contribution in [0.25, 0.3) is 0 Å². The van der Waals surface area contributed by atoms with E-state index in [9.17, 15) is 14.7 Å². The molecule has 3 aliphatic rings. The van der Waals surface area contributed by atoms with E-state index in [1.165, 1.54) is 31.3 Å². The van der Waals surface area contributed by atoms with Crippen molar-refractivity contribution in [2.75, 3.05) is 0 Å². The first kappa shape index (κ1) is 29.4. The average Bonchev–Trinajstić information content (AvgIpc) is 3.18. The molecule has 0 aliphatic heterocycles. The third-order valence-corrected chi connectivity index (χ3v) is 9.50. The summed E-state index contributed by atoms with van der Waals surface area (Å²) in [6.45, 7) is 14.9. The third-order valence-electron chi connectivity index (χ3n) is 9.50. The Balaban J connectivity index is 1.68. The summed E-state index contributed by atoms with van der Waals surface area (Å²) in [6, 6.07) is 0. The van der Waals surface area contributed by atoms with E-state index in [1.54, 1.807) is 0 Å². The maximum Gasteiger partial charge on any atom is 0.306 e. The van der Waals surface area contributed by atoms with Crippen molar-refractivity contribution in [1.82, 2.24) is 0 Å². The second-order valence-electron chi connectivity index (χ2n) is 12.6. The molecule has 0 spiro atoms. The van der Waals surface area contributed by atoms with Crippen molar-refractivity contribution >= 4 is 11.9 Å². The Morgan fingerprint density at radius 3 is 2.54 bits per heavy atom. The SMILES string of the molecule is C=C1CC[C@H](OC(=O)CCC(=O)O)C/C1=C/C=C1\CCC[C@]2(C)[C@@H]([C@H](C)/C=C/[C@H](C)C(C)(C)O)CC[C@@H]12. The van der Waals surface area contributed by atoms with Gasteiger partial charge in [0.1, 0.15) is 6.10 Å². The highest BCUT2D eigenvalue weighted by molar-refractivity contribution is 5.76. The number of hydrogen-bond acceptors (Lipinski definition) is 4. The van der Waals surface area contributed by atoms with Gasteiger partial charge in [-0.05, 0) is 87.5 Å². The van der Waals surface area contributed by atoms with Crippen LogP contribution in [0.5, 0.6) is 0 Å². The molecule has 0 radical (unpaired) electrons. The largest absolute Gasteiger partial charge is 0.481 e. The van der Waals surface area contributed by atoms with Gasteiger partial charge in [-0.2, -0.15) is 0 Å². The number of fused-ring (bicyclic) bond motifs is 1. The van der Waals surface area contributed by atoms with Crippen LogP contribution in [0.15, 0.2) is 47.6 Å². The standard InChI is InChI=1S/C32H48O5/c1-21-10-14-26(37-30(35)18-17-29(33)34)20-25(21)13-12-24-8-7-19-32(6)27(15-16-28(24)32)22(2)9-11-23(3)31(4,5)36/h9,11-13,22-23,26-28,36H,1,7-8,10,14-20H2,2-6H3,(H,33,34)/b11-9+,24-12+,25-13-/t22-,23+,26+,27-,28+,32-/m1/s1. The molecule has 206 valence electrons. The van der Waals surface area contributed by atoms with Crippen molar-refractivity contribution in [2.24, 2.45) is 29.1 Å². The molecule has 2 N–H and O–H groups in total. The Bertz CT molecular complexity index is 949. The van der Waals surface area contributed by atoms with Crippen molar-refractivity contribution in [1.29, 1.82) is 0 Å². The highest BCUT2D eigenvalue weighted by Gasteiger charge is 2.50. The van der Waals surface area contributed by atoms with Crippen LogP contribution in [0, 0.1) is 29.1 Å². The fourth-order valence-corrected chi connectivity index (χ4v) is 6.79. The number of esters is 1. The van der Waals surface area contributed by atoms with Crippen LogP contribution in [0.3, 0.4) is 0 Å². The fraction of sp³-hybridized carbons (Fsp3) is 0.688. The average molecular weight is 513 g/mol. The summed E-state index contributed by atoms with van der Waals surface area (Å²) in [6.07, 6.45) is 16.8. The molecule has 5 heteroatoms. The summed E-state index contributed by atoms with van der Waals surface area (Å²) >= 11 is 0. The van der Waals surface area contributed by atoms with Gasteiger partial charge < -0.3 is 14.9 Å². The number of hydrogen-bond donors (Lipinski definition) is 2. The molecule has 0 saturated heterocycles. The van der Waals surface area contributed by atoms with Gasteiger partial charge in [-0.15, -0.1) is 0 Å². The van der Waals surface area contributed by atoms with E-state index in [4.69, 9.17) is 9.84 Å². The van der Waals surface area contributed by atoms with Crippen LogP contribution in [0.2, 0.25) is 0 Å². The first-order chi connectivity index (χ1) is 17.3. The molecule has 0 aromatic carbocycles. The van der Waals surface area contributed by atoms with Crippen LogP contribution in [0.1, 0.15) is 98.8 Å². The van der Waals surface area contributed by atoms with Gasteiger partial charge in [0, 0.05) is 12.3 Å². The number of carbonyl (C=O) groups excluding carboxylic acids is 1. The molecule has 37 heavy (non-hydrogen) atoms. The molecule has 3 fully saturated rings. The number of carboxylic acids is 1. The lowest BCUT2D eigenvalue weighted by molar-refractivity contribution is -0.152. The third kappa shape index (κ3) is 7.46. The monoisotopic (exact) mass is 512 g/mol. The van der Waals surface area contributed by atoms with Crippen molar-refractivity contribution in [3.63, 3.8) is 0 Å². The van der Waals surface area contributed by atoms with E-state index in [1.807, 2.05) is 13.8 Å². The summed E-state index contributed by atoms with van der Waals surface area (Å²) in [5.74, 6) is 0.414. The Hall–Kier alpha value is -2.14. The number of carbonyl (C=O) groups is 2. The van der Waals surface area contributed by atoms with Gasteiger partial charge in [0.2, 0.25) is 0 Å². The van der Waals surface area contributed by atoms with Crippen LogP contribution in [-0.2, 0) is 14.3 Å². The molecule has 3 rings (SSSR count). The molecule has 0 unspecified atom stereocenters. The van der Waals surface area contributed by atoms with Gasteiger partial charge in [-0.3, -0.25) is 9.59 Å². The maximum absolute atomic E-state index is 12.0. The second kappa shape index (κ2) is 12.1. The van der Waals surface area contributed by atoms with E-state index in [-0.39, 0.29) is 30.3 Å². The lowest BCUT2D eigenvalue weighted by atomic mass is 9.61. The van der Waals surface area contributed by atoms with Crippen LogP contribution < -0.4 is 0 Å². The van der Waals surface area contributed by atoms with Gasteiger partial charge in [0.15, 0.2) is 0 Å². The quantitative estimate of drug-likeness (QED) is 0.253. The molecule has 3 aliphatic carbocycles. The van der Waals surface area contributed by atoms with E-state index < -0.39 is 17.5 Å². The summed E-state index contributed by atoms with van der Waals surface area (Å²) < 4.78 is 5.57. The first-order valence-corrected chi connectivity index (χ1v) is 14.2. The van der Waals surface area contributed by atoms with Crippen LogP contribution in [0.4, 0.5) is 0 Å². The maximum atomic E-state index is 12.0. The normalized spacial score (nSPS) is 32.5. The minimum absolute atomic E-state index is 0.0818. The number of allylic oxidation sites excluding steroid dienone is 5. The highest BCUT2D eigenvalue weighted by atomic mass is 16.5. The molecular formula is C32H48O5. The predicted molar refractivity (Wildman–Crippen MR) is 148 cm³/mol. The molecule has 0 aromatic rings. The first-order valence-electron chi connectivity index (χ1n) is 14.2. The van der Waals surface area contributed by atoms with E-state index in [2.05, 4.69) is 51.7 Å². The topological polar surface area (TPSA) is 83.8 Å². The number of ether oxygens (including phenoxy) is 1. The zero-order valence-corrected chi connectivity index (χ0v) is 23.6. The summed E-state index contributed by atoms with van der Waals surface area (Å²) in [7, 11) is 0. The number of aliphatic hydroxyl groups is 1. The minimum atomic E-state index is -0.983. The molecule has 0 aromatic heterocycles. The van der Waals surface area contributed by atoms with Crippen molar-refractivity contribution in [3.8, 4) is 0 Å². The van der Waals surface area contributed by atoms with Crippen LogP contribution >= 0.6 is 0 Å². The molecule has 0 bridgehead atoms. The van der Waals surface area contributed by atoms with Gasteiger partial charge in [-0.1, -0.05) is 62.8 Å². The van der Waals surface area contributed by atoms with Gasteiger partial charge >= 0.3 is 11.9 Å². The number of aliphatic carboxylic acids is 1. The second-order valence-corrected chi connectivity index (χ2v) is 12.6. The zero-order chi connectivity index (χ0) is 27.4. The van der Waals surface area contributed by atoms with Gasteiger partial charge in [-0.25, -0.2) is 0 Å². The Morgan fingerprint density at radius 2 is 1.86 bits per heavy atom. The lowest BCUT2D eigenvalue weighted by Crippen LogP contribution is -2.35. The van der Waals surface area contributed by atoms with Gasteiger partial charge in [0.25, 0.3) is 0 Å². The number of rotatable bonds is 9. The Kier molecular flexibility index (Phi) is 9.66. The van der Waals surface area contributed by atoms with Crippen molar-refractivity contribution in [3.05, 3.63) is 47.6 Å². The molecule has 3 saturated carbocycles. The Morgan fingerprint density at radius 1 is 1.14 bits per heavy atom. The number of carboxylic acid groups (broad SMARTS) is 1. The summed E-state index contributed by atoms with van der Waals surface area (Å²) in [4.78, 5) is 22.8. The van der Waals surface area contributed by atoms with E-state index >= 15 is 0 Å². The molecule has 5 nitrogen and oxygen atoms in total. The van der Waals surface area contributed by atoms with E-state index in [0.29, 0.717) is 24.2 Å². The fourth-order valence-electron chi connectivity index (χ4n) is 6.79. The molecule has 0 amide bonds. The molecule has 0 heterocycles. The van der Waals surface area contributed by atoms with Crippen LogP contribution in [-0.4, -0.2) is 33.9 Å². The smallest absolute Gasteiger partial charge is 0.306 e. The lowest BCUT2D eigenvalue weighted by Gasteiger charge is -2.44. The van der Waals surface area contributed by atoms with Crippen molar-refractivity contribution < 1.29 is 24.5 Å². The van der Waals surface area contributed by atoms with Gasteiger partial charge in [0.05, 0.1) is 18.4 Å². The zero-order valence-electron chi connectivity index (χ0n) is 23.6. The van der Waals surface area contributed by atoms with Crippen molar-refractivity contribution in [2.45, 2.75) is 111 Å². The highest BCUT2D eigenvalue weighted by Crippen LogP contribution is 2.59. The summed E-state index contributed by atoms with van der Waals surface area (Å²) in [5.41, 5.74) is 3.38. The summed E-state index contributed by atoms with van der Waals surface area (Å²) in [5, 5.41) is 19.1. The minimum Gasteiger partial charge on any atom is -0.481 e.